The van der Waals surface area contributed by atoms with Gasteiger partial charge in [0.15, 0.2) is 0 Å². The van der Waals surface area contributed by atoms with Crippen molar-refractivity contribution in [3.63, 3.8) is 0 Å². The number of nitrogens with one attached hydrogen (secondary N) is 1. The maximum Gasteiger partial charge on any atom is 0.515 e. The van der Waals surface area contributed by atoms with Crippen LogP contribution in [0.25, 0.3) is 0 Å². The van der Waals surface area contributed by atoms with Crippen LogP contribution in [-0.4, -0.2) is 32.5 Å². The molecule has 0 bridgehead atoms. The summed E-state index contributed by atoms with van der Waals surface area (Å²) in [6, 6.07) is 0.584. The Kier molecular flexibility index (Phi) is 6.18. The maximum absolute atomic E-state index is 10.1. The van der Waals surface area contributed by atoms with Crippen LogP contribution in [0.1, 0.15) is 26.2 Å². The molecular formula is C9H21NO3SSi. The predicted octanol–water partition coefficient (Wildman–Crippen LogP) is 1.21. The molecule has 90 valence electrons. The number of hydrogen-bond acceptors (Lipinski definition) is 5. The molecule has 2 unspecified atom stereocenters. The SMILES string of the molecule is CCC1CCO[Si](O)(CCCS)ONC1. The smallest absolute Gasteiger partial charge is 0.389 e. The summed E-state index contributed by atoms with van der Waals surface area (Å²) in [5.74, 6) is 1.33. The van der Waals surface area contributed by atoms with Gasteiger partial charge < -0.3 is 9.22 Å². The average molecular weight is 251 g/mol. The van der Waals surface area contributed by atoms with Gasteiger partial charge >= 0.3 is 8.80 Å². The first kappa shape index (κ1) is 13.5. The van der Waals surface area contributed by atoms with Crippen LogP contribution in [0.2, 0.25) is 6.04 Å². The summed E-state index contributed by atoms with van der Waals surface area (Å²) in [5, 5.41) is 0. The second-order valence-electron chi connectivity index (χ2n) is 3.90. The zero-order valence-corrected chi connectivity index (χ0v) is 11.1. The third-order valence-electron chi connectivity index (χ3n) is 2.69. The van der Waals surface area contributed by atoms with E-state index in [0.29, 0.717) is 18.6 Å². The zero-order valence-electron chi connectivity index (χ0n) is 9.24. The Morgan fingerprint density at radius 3 is 3.07 bits per heavy atom. The van der Waals surface area contributed by atoms with Gasteiger partial charge in [-0.05, 0) is 24.5 Å². The molecule has 2 N–H and O–H groups in total. The fourth-order valence-electron chi connectivity index (χ4n) is 1.56. The second kappa shape index (κ2) is 6.88. The molecule has 1 fully saturated rings. The van der Waals surface area contributed by atoms with Crippen molar-refractivity contribution in [2.75, 3.05) is 18.9 Å². The van der Waals surface area contributed by atoms with E-state index in [-0.39, 0.29) is 0 Å². The lowest BCUT2D eigenvalue weighted by atomic mass is 10.0. The predicted molar refractivity (Wildman–Crippen MR) is 64.7 cm³/mol. The Morgan fingerprint density at radius 1 is 1.60 bits per heavy atom. The molecule has 0 aromatic rings. The number of hydrogen-bond donors (Lipinski definition) is 3. The number of hydroxylamine groups is 1. The molecule has 0 spiro atoms. The summed E-state index contributed by atoms with van der Waals surface area (Å²) in [6.45, 7) is 3.56. The summed E-state index contributed by atoms with van der Waals surface area (Å²) in [5.41, 5.74) is 2.85. The highest BCUT2D eigenvalue weighted by Crippen LogP contribution is 2.17. The molecule has 0 radical (unpaired) electrons. The molecule has 6 heteroatoms. The fourth-order valence-corrected chi connectivity index (χ4v) is 3.69. The first-order valence-electron chi connectivity index (χ1n) is 5.58. The van der Waals surface area contributed by atoms with Gasteiger partial charge in [0.2, 0.25) is 0 Å². The van der Waals surface area contributed by atoms with Crippen molar-refractivity contribution in [3.05, 3.63) is 0 Å². The molecular weight excluding hydrogens is 230 g/mol. The highest BCUT2D eigenvalue weighted by Gasteiger charge is 2.38. The maximum atomic E-state index is 10.1. The van der Waals surface area contributed by atoms with E-state index < -0.39 is 8.80 Å². The molecule has 1 saturated heterocycles. The normalized spacial score (nSPS) is 33.4. The lowest BCUT2D eigenvalue weighted by Gasteiger charge is -2.29. The van der Waals surface area contributed by atoms with Crippen LogP contribution in [0.4, 0.5) is 0 Å². The van der Waals surface area contributed by atoms with E-state index in [4.69, 9.17) is 8.95 Å². The molecule has 1 rings (SSSR count). The molecule has 1 aliphatic rings. The monoisotopic (exact) mass is 251 g/mol. The summed E-state index contributed by atoms with van der Waals surface area (Å²) >= 11 is 4.11. The Bertz CT molecular complexity index is 175. The lowest BCUT2D eigenvalue weighted by molar-refractivity contribution is 0.0194. The second-order valence-corrected chi connectivity index (χ2v) is 6.77. The van der Waals surface area contributed by atoms with Crippen molar-refractivity contribution in [3.8, 4) is 0 Å². The van der Waals surface area contributed by atoms with Crippen LogP contribution in [0, 0.1) is 5.92 Å². The van der Waals surface area contributed by atoms with Crippen LogP contribution < -0.4 is 5.48 Å². The largest absolute Gasteiger partial charge is 0.515 e. The molecule has 0 aromatic carbocycles. The van der Waals surface area contributed by atoms with Crippen molar-refractivity contribution in [2.45, 2.75) is 32.2 Å². The van der Waals surface area contributed by atoms with Gasteiger partial charge in [-0.2, -0.15) is 12.6 Å². The van der Waals surface area contributed by atoms with Gasteiger partial charge in [0, 0.05) is 19.2 Å². The summed E-state index contributed by atoms with van der Waals surface area (Å²) in [6.07, 6.45) is 2.92. The van der Waals surface area contributed by atoms with Crippen molar-refractivity contribution in [1.82, 2.24) is 5.48 Å². The molecule has 2 atom stereocenters. The lowest BCUT2D eigenvalue weighted by Crippen LogP contribution is -2.49. The molecule has 0 amide bonds. The minimum absolute atomic E-state index is 0.577. The van der Waals surface area contributed by atoms with E-state index in [2.05, 4.69) is 25.0 Å². The van der Waals surface area contributed by atoms with E-state index >= 15 is 0 Å². The van der Waals surface area contributed by atoms with Crippen molar-refractivity contribution >= 4 is 21.4 Å². The summed E-state index contributed by atoms with van der Waals surface area (Å²) < 4.78 is 10.8. The Balaban J connectivity index is 2.36. The molecule has 15 heavy (non-hydrogen) atoms. The minimum Gasteiger partial charge on any atom is -0.389 e. The van der Waals surface area contributed by atoms with Crippen molar-refractivity contribution in [2.24, 2.45) is 5.92 Å². The van der Waals surface area contributed by atoms with Gasteiger partial charge in [-0.3, -0.25) is 4.53 Å². The van der Waals surface area contributed by atoms with Crippen molar-refractivity contribution < 1.29 is 13.7 Å². The third-order valence-corrected chi connectivity index (χ3v) is 5.11. The molecule has 1 aliphatic heterocycles. The molecule has 0 saturated carbocycles. The molecule has 0 aromatic heterocycles. The van der Waals surface area contributed by atoms with E-state index in [1.165, 1.54) is 0 Å². The van der Waals surface area contributed by atoms with Crippen LogP contribution in [0.5, 0.6) is 0 Å². The first-order valence-corrected chi connectivity index (χ1v) is 8.18. The van der Waals surface area contributed by atoms with E-state index in [1.54, 1.807) is 0 Å². The number of rotatable bonds is 4. The average Bonchev–Trinajstić information content (AvgIpc) is 2.21. The van der Waals surface area contributed by atoms with Crippen LogP contribution in [-0.2, 0) is 8.95 Å². The molecule has 1 heterocycles. The highest BCUT2D eigenvalue weighted by atomic mass is 32.1. The molecule has 0 aliphatic carbocycles. The van der Waals surface area contributed by atoms with Gasteiger partial charge in [0.05, 0.1) is 0 Å². The number of thiol groups is 1. The zero-order chi connectivity index (χ0) is 11.1. The van der Waals surface area contributed by atoms with Crippen LogP contribution >= 0.6 is 12.6 Å². The Labute approximate surface area is 98.1 Å². The van der Waals surface area contributed by atoms with Crippen LogP contribution in [0.15, 0.2) is 0 Å². The Morgan fingerprint density at radius 2 is 2.40 bits per heavy atom. The van der Waals surface area contributed by atoms with E-state index in [0.717, 1.165) is 31.6 Å². The quantitative estimate of drug-likeness (QED) is 0.519. The van der Waals surface area contributed by atoms with Crippen LogP contribution in [0.3, 0.4) is 0 Å². The van der Waals surface area contributed by atoms with E-state index in [1.807, 2.05) is 0 Å². The van der Waals surface area contributed by atoms with E-state index in [9.17, 15) is 4.80 Å². The molecule has 4 nitrogen and oxygen atoms in total. The highest BCUT2D eigenvalue weighted by molar-refractivity contribution is 7.80. The third kappa shape index (κ3) is 4.84. The summed E-state index contributed by atoms with van der Waals surface area (Å²) in [7, 11) is -2.94. The van der Waals surface area contributed by atoms with Crippen molar-refractivity contribution in [1.29, 1.82) is 0 Å². The standard InChI is InChI=1S/C9H21NO3SSi/c1-2-9-4-5-12-15(11,7-3-6-14)13-10-8-9/h9-11,14H,2-8H2,1H3. The first-order chi connectivity index (χ1) is 7.20. The van der Waals surface area contributed by atoms with Gasteiger partial charge in [0.1, 0.15) is 0 Å². The fraction of sp³-hybridized carbons (Fsp3) is 1.00. The van der Waals surface area contributed by atoms with Gasteiger partial charge in [-0.1, -0.05) is 13.3 Å². The topological polar surface area (TPSA) is 50.7 Å². The van der Waals surface area contributed by atoms with Gasteiger partial charge in [-0.25, -0.2) is 5.48 Å². The van der Waals surface area contributed by atoms with Gasteiger partial charge in [0.25, 0.3) is 0 Å². The van der Waals surface area contributed by atoms with Gasteiger partial charge in [-0.15, -0.1) is 0 Å². The minimum atomic E-state index is -2.94. The Hall–Kier alpha value is 0.407. The summed E-state index contributed by atoms with van der Waals surface area (Å²) in [4.78, 5) is 10.1.